The number of benzene rings is 8. The number of halogens is 2. The first-order valence-electron chi connectivity index (χ1n) is 22.0. The molecule has 0 heterocycles. The molecule has 299 valence electrons. The molecule has 0 radical (unpaired) electrons. The van der Waals surface area contributed by atoms with Crippen LogP contribution in [0, 0.1) is 11.8 Å². The Morgan fingerprint density at radius 3 is 1.12 bits per heavy atom. The van der Waals surface area contributed by atoms with Crippen molar-refractivity contribution in [3.63, 3.8) is 0 Å². The molecule has 2 aliphatic carbocycles. The Morgan fingerprint density at radius 2 is 0.800 bits per heavy atom. The predicted octanol–water partition coefficient (Wildman–Crippen LogP) is 17.3. The normalized spacial score (nSPS) is 17.1. The summed E-state index contributed by atoms with van der Waals surface area (Å²) in [5, 5.41) is 10.2. The fourth-order valence-corrected chi connectivity index (χ4v) is 42.8. The summed E-state index contributed by atoms with van der Waals surface area (Å²) in [6.45, 7) is 14.4. The van der Waals surface area contributed by atoms with Gasteiger partial charge in [0.1, 0.15) is 0 Å². The van der Waals surface area contributed by atoms with Crippen LogP contribution in [-0.2, 0) is 15.6 Å². The summed E-state index contributed by atoms with van der Waals surface area (Å²) in [6, 6.07) is 54.3. The van der Waals surface area contributed by atoms with Crippen LogP contribution in [-0.4, -0.2) is 5.92 Å². The summed E-state index contributed by atoms with van der Waals surface area (Å²) < 4.78 is 0.0437. The molecule has 8 aromatic carbocycles. The van der Waals surface area contributed by atoms with Gasteiger partial charge in [0.2, 0.25) is 0 Å². The third-order valence-corrected chi connectivity index (χ3v) is 65.7. The minimum atomic E-state index is -5.12. The van der Waals surface area contributed by atoms with Crippen LogP contribution in [0.2, 0.25) is 13.1 Å². The van der Waals surface area contributed by atoms with E-state index in [2.05, 4.69) is 199 Å². The molecule has 0 bridgehead atoms. The zero-order valence-corrected chi connectivity index (χ0v) is 40.7. The minimum absolute atomic E-state index is 0.0218. The molecule has 4 heteroatoms. The average Bonchev–Trinajstić information content (AvgIpc) is 3.80. The van der Waals surface area contributed by atoms with E-state index in [0.717, 1.165) is 12.8 Å². The van der Waals surface area contributed by atoms with Gasteiger partial charge in [-0.05, 0) is 0 Å². The van der Waals surface area contributed by atoms with Gasteiger partial charge in [-0.2, -0.15) is 0 Å². The standard InChI is InChI=1S/2C27H23.C2H7Si.2ClH.Zr/c2*1-18(2)14-19-15-20-10-7-13-25(26(20)16-19)27-23-11-5-3-8-21(23)17-22-9-4-6-12-24(22)27;1-3-2;;;/h2*3-13,15-18H,14H2,1-2H3;3H,1-2H3;2*1H;/q;;;;;+2/p-2. The molecule has 60 heavy (non-hydrogen) atoms. The molecule has 0 amide bonds. The molecule has 2 atom stereocenters. The Labute approximate surface area is 364 Å². The first-order valence-corrected chi connectivity index (χ1v) is 38.3. The van der Waals surface area contributed by atoms with E-state index in [1.165, 1.54) is 98.7 Å². The molecule has 0 N–H and O–H groups in total. The Kier molecular flexibility index (Phi) is 10.1. The molecule has 0 saturated heterocycles. The monoisotopic (exact) mass is 913 g/mol. The van der Waals surface area contributed by atoms with Crippen LogP contribution in [0.15, 0.2) is 157 Å². The second kappa shape index (κ2) is 15.1. The van der Waals surface area contributed by atoms with E-state index in [1.54, 1.807) is 0 Å². The zero-order valence-electron chi connectivity index (χ0n) is 35.6. The van der Waals surface area contributed by atoms with Crippen molar-refractivity contribution in [2.24, 2.45) is 11.8 Å². The first kappa shape index (κ1) is 40.1. The van der Waals surface area contributed by atoms with Crippen LogP contribution in [0.4, 0.5) is 0 Å². The van der Waals surface area contributed by atoms with Gasteiger partial charge in [0.15, 0.2) is 0 Å². The SMILES string of the molecule is CC(C)CC1=Cc2c(-c3c4ccccc4cc4ccccc34)cccc2[CH]1[Zr]([Cl])([Cl])([CH]1C(CC(C)C)=Cc2c(-c3c4ccccc4cc4ccccc34)cccc21)[SiH](C)C. The third-order valence-electron chi connectivity index (χ3n) is 13.9. The number of allylic oxidation sites excluding steroid dienone is 2. The molecule has 0 nitrogen and oxygen atoms in total. The Bertz CT molecular complexity index is 2790. The number of hydrogen-bond donors (Lipinski definition) is 0. The van der Waals surface area contributed by atoms with Crippen LogP contribution in [0.25, 0.3) is 77.5 Å². The molecule has 0 fully saturated rings. The second-order valence-corrected chi connectivity index (χ2v) is 61.4. The van der Waals surface area contributed by atoms with Crippen molar-refractivity contribution in [1.82, 2.24) is 0 Å². The van der Waals surface area contributed by atoms with Gasteiger partial charge in [-0.25, -0.2) is 0 Å². The number of rotatable bonds is 9. The van der Waals surface area contributed by atoms with Gasteiger partial charge < -0.3 is 0 Å². The van der Waals surface area contributed by atoms with Crippen molar-refractivity contribution >= 4 is 78.2 Å². The fourth-order valence-electron chi connectivity index (χ4n) is 11.4. The van der Waals surface area contributed by atoms with Crippen LogP contribution in [0.1, 0.15) is 70.0 Å². The van der Waals surface area contributed by atoms with E-state index in [9.17, 15) is 0 Å². The van der Waals surface area contributed by atoms with Gasteiger partial charge in [-0.3, -0.25) is 0 Å². The topological polar surface area (TPSA) is 0 Å². The van der Waals surface area contributed by atoms with E-state index in [0.29, 0.717) is 11.8 Å². The van der Waals surface area contributed by atoms with E-state index >= 15 is 0 Å². The molecule has 10 rings (SSSR count). The van der Waals surface area contributed by atoms with Crippen molar-refractivity contribution in [1.29, 1.82) is 0 Å². The van der Waals surface area contributed by atoms with Gasteiger partial charge in [-0.1, -0.05) is 0 Å². The van der Waals surface area contributed by atoms with Crippen LogP contribution in [0.5, 0.6) is 0 Å². The number of hydrogen-bond acceptors (Lipinski definition) is 0. The fraction of sp³-hybridized carbons (Fsp3) is 0.214. The number of fused-ring (bicyclic) bond motifs is 6. The molecule has 0 spiro atoms. The molecule has 2 unspecified atom stereocenters. The maximum atomic E-state index is 9.09. The van der Waals surface area contributed by atoms with Crippen LogP contribution >= 0.6 is 17.0 Å². The summed E-state index contributed by atoms with van der Waals surface area (Å²) >= 11 is -5.12. The summed E-state index contributed by atoms with van der Waals surface area (Å²) in [4.78, 5) is 0. The van der Waals surface area contributed by atoms with E-state index < -0.39 is 21.5 Å². The molecular formula is C56H53Cl2SiZr. The molecule has 0 saturated carbocycles. The summed E-state index contributed by atoms with van der Waals surface area (Å²) in [5.41, 5.74) is 13.4. The summed E-state index contributed by atoms with van der Waals surface area (Å²) in [5.74, 6) is -0.864. The quantitative estimate of drug-likeness (QED) is 0.1000. The van der Waals surface area contributed by atoms with E-state index in [1.807, 2.05) is 0 Å². The third kappa shape index (κ3) is 6.22. The van der Waals surface area contributed by atoms with Crippen LogP contribution in [0.3, 0.4) is 0 Å². The van der Waals surface area contributed by atoms with Crippen molar-refractivity contribution in [3.8, 4) is 22.3 Å². The Morgan fingerprint density at radius 1 is 0.467 bits per heavy atom. The van der Waals surface area contributed by atoms with Crippen molar-refractivity contribution in [2.45, 2.75) is 60.9 Å². The maximum absolute atomic E-state index is 9.09. The zero-order chi connectivity index (χ0) is 41.5. The van der Waals surface area contributed by atoms with Crippen molar-refractivity contribution < 1.29 is 15.6 Å². The van der Waals surface area contributed by atoms with E-state index in [-0.39, 0.29) is 7.25 Å². The predicted molar refractivity (Wildman–Crippen MR) is 265 cm³/mol. The van der Waals surface area contributed by atoms with E-state index in [4.69, 9.17) is 17.0 Å². The van der Waals surface area contributed by atoms with Gasteiger partial charge in [0.05, 0.1) is 0 Å². The first-order chi connectivity index (χ1) is 28.9. The van der Waals surface area contributed by atoms with Gasteiger partial charge in [0, 0.05) is 0 Å². The summed E-state index contributed by atoms with van der Waals surface area (Å²) in [7, 11) is 18.2. The van der Waals surface area contributed by atoms with Gasteiger partial charge >= 0.3 is 368 Å². The second-order valence-electron chi connectivity index (χ2n) is 18.9. The molecule has 2 aliphatic rings. The van der Waals surface area contributed by atoms with Gasteiger partial charge in [0.25, 0.3) is 0 Å². The summed E-state index contributed by atoms with van der Waals surface area (Å²) in [6.07, 6.45) is 7.07. The molecular weight excluding hydrogens is 863 g/mol. The van der Waals surface area contributed by atoms with Crippen LogP contribution < -0.4 is 0 Å². The Balaban J connectivity index is 1.24. The average molecular weight is 916 g/mol. The Hall–Kier alpha value is -4.04. The molecule has 8 aromatic rings. The van der Waals surface area contributed by atoms with Crippen molar-refractivity contribution in [3.05, 3.63) is 179 Å². The molecule has 0 aromatic heterocycles. The van der Waals surface area contributed by atoms with Crippen molar-refractivity contribution in [2.75, 3.05) is 0 Å². The molecule has 0 aliphatic heterocycles. The van der Waals surface area contributed by atoms with Gasteiger partial charge in [-0.15, -0.1) is 0 Å².